The number of sulfone groups is 1. The minimum absolute atomic E-state index is 0.276. The summed E-state index contributed by atoms with van der Waals surface area (Å²) in [5, 5.41) is 4.64. The maximum absolute atomic E-state index is 12.7. The van der Waals surface area contributed by atoms with E-state index in [0.29, 0.717) is 23.7 Å². The zero-order chi connectivity index (χ0) is 19.0. The van der Waals surface area contributed by atoms with Crippen molar-refractivity contribution >= 4 is 44.6 Å². The molecule has 1 aromatic heterocycles. The average Bonchev–Trinajstić information content (AvgIpc) is 2.97. The van der Waals surface area contributed by atoms with Gasteiger partial charge in [-0.25, -0.2) is 17.2 Å². The van der Waals surface area contributed by atoms with Crippen molar-refractivity contribution in [2.75, 3.05) is 5.32 Å². The molecule has 14 heteroatoms. The summed E-state index contributed by atoms with van der Waals surface area (Å²) in [5.41, 5.74) is -6.67. The summed E-state index contributed by atoms with van der Waals surface area (Å²) < 4.78 is 88.5. The summed E-state index contributed by atoms with van der Waals surface area (Å²) in [7, 11) is -5.62. The molecule has 1 N–H and O–H groups in total. The normalized spacial score (nSPS) is 12.4. The summed E-state index contributed by atoms with van der Waals surface area (Å²) in [6.07, 6.45) is -3.06. The van der Waals surface area contributed by atoms with Crippen molar-refractivity contribution in [1.29, 1.82) is 0 Å². The Morgan fingerprint density at radius 3 is 2.44 bits per heavy atom. The van der Waals surface area contributed by atoms with Crippen molar-refractivity contribution < 1.29 is 35.2 Å². The molecule has 0 aliphatic heterocycles. The molecule has 1 aromatic carbocycles. The summed E-state index contributed by atoms with van der Waals surface area (Å²) in [6.45, 7) is 0. The maximum Gasteiger partial charge on any atom is 0.501 e. The van der Waals surface area contributed by atoms with Gasteiger partial charge >= 0.3 is 5.51 Å². The number of anilines is 1. The summed E-state index contributed by atoms with van der Waals surface area (Å²) in [6, 6.07) is 1.86. The van der Waals surface area contributed by atoms with Gasteiger partial charge in [0.15, 0.2) is 5.69 Å². The van der Waals surface area contributed by atoms with Crippen LogP contribution in [0.4, 0.5) is 27.6 Å². The van der Waals surface area contributed by atoms with E-state index in [4.69, 9.17) is 11.6 Å². The number of amides is 1. The van der Waals surface area contributed by atoms with Crippen molar-refractivity contribution in [2.45, 2.75) is 16.8 Å². The Hall–Kier alpha value is -1.86. The highest BCUT2D eigenvalue weighted by molar-refractivity contribution is 7.92. The highest BCUT2D eigenvalue weighted by Gasteiger charge is 2.47. The van der Waals surface area contributed by atoms with Crippen LogP contribution < -0.4 is 5.32 Å². The second kappa shape index (κ2) is 6.80. The predicted octanol–water partition coefficient (Wildman–Crippen LogP) is 3.67. The third-order valence-corrected chi connectivity index (χ3v) is 5.27. The van der Waals surface area contributed by atoms with Crippen molar-refractivity contribution in [2.24, 2.45) is 0 Å². The Bertz CT molecular complexity index is 914. The molecule has 0 bridgehead atoms. The second-order valence-electron chi connectivity index (χ2n) is 4.33. The zero-order valence-electron chi connectivity index (χ0n) is 11.5. The highest BCUT2D eigenvalue weighted by Crippen LogP contribution is 2.34. The molecule has 0 spiro atoms. The summed E-state index contributed by atoms with van der Waals surface area (Å²) >= 11 is 6.05. The minimum atomic E-state index is -5.62. The van der Waals surface area contributed by atoms with Gasteiger partial charge in [-0.15, -0.1) is 5.10 Å². The topological polar surface area (TPSA) is 89.0 Å². The molecule has 1 amide bonds. The van der Waals surface area contributed by atoms with E-state index < -0.39 is 48.2 Å². The molecule has 6 nitrogen and oxygen atoms in total. The number of carbonyl (C=O) groups excluding carboxylic acids is 1. The lowest BCUT2D eigenvalue weighted by molar-refractivity contribution is -0.0436. The lowest BCUT2D eigenvalue weighted by atomic mass is 10.3. The predicted molar refractivity (Wildman–Crippen MR) is 77.5 cm³/mol. The zero-order valence-corrected chi connectivity index (χ0v) is 13.9. The fraction of sp³-hybridized carbons (Fsp3) is 0.182. The third-order valence-electron chi connectivity index (χ3n) is 2.73. The van der Waals surface area contributed by atoms with Gasteiger partial charge in [-0.1, -0.05) is 16.1 Å². The standard InChI is InChI=1S/C11H5ClF5N3O3S2/c12-5-3-4(25(22,23)11(15,16)17)1-2-6(5)18-10(21)8-7(9(13)14)19-20-24-8/h1-3,9H,(H,18,21). The number of nitrogens with one attached hydrogen (secondary N) is 1. The molecular weight excluding hydrogens is 417 g/mol. The fourth-order valence-corrected chi connectivity index (χ4v) is 3.22. The molecule has 2 aromatic rings. The van der Waals surface area contributed by atoms with Gasteiger partial charge in [-0.2, -0.15) is 13.2 Å². The molecule has 0 fully saturated rings. The molecule has 0 radical (unpaired) electrons. The number of hydrogen-bond donors (Lipinski definition) is 1. The Morgan fingerprint density at radius 1 is 1.28 bits per heavy atom. The van der Waals surface area contributed by atoms with Gasteiger partial charge in [0.25, 0.3) is 22.2 Å². The van der Waals surface area contributed by atoms with Crippen LogP contribution in [0.5, 0.6) is 0 Å². The first-order valence-electron chi connectivity index (χ1n) is 5.98. The monoisotopic (exact) mass is 421 g/mol. The number of carbonyl (C=O) groups is 1. The number of aromatic nitrogens is 2. The van der Waals surface area contributed by atoms with Crippen LogP contribution in [0.3, 0.4) is 0 Å². The number of benzene rings is 1. The van der Waals surface area contributed by atoms with Crippen molar-refractivity contribution in [3.05, 3.63) is 33.8 Å². The van der Waals surface area contributed by atoms with E-state index in [1.807, 2.05) is 0 Å². The molecule has 0 saturated carbocycles. The van der Waals surface area contributed by atoms with Gasteiger partial charge in [0.2, 0.25) is 0 Å². The molecule has 2 rings (SSSR count). The Kier molecular flexibility index (Phi) is 5.30. The van der Waals surface area contributed by atoms with E-state index in [-0.39, 0.29) is 5.69 Å². The molecule has 25 heavy (non-hydrogen) atoms. The van der Waals surface area contributed by atoms with Crippen LogP contribution in [-0.4, -0.2) is 29.4 Å². The molecule has 0 saturated heterocycles. The number of halogens is 6. The van der Waals surface area contributed by atoms with E-state index in [9.17, 15) is 35.2 Å². The molecule has 0 aliphatic rings. The van der Waals surface area contributed by atoms with E-state index >= 15 is 0 Å². The minimum Gasteiger partial charge on any atom is -0.320 e. The largest absolute Gasteiger partial charge is 0.501 e. The number of rotatable bonds is 4. The smallest absolute Gasteiger partial charge is 0.320 e. The van der Waals surface area contributed by atoms with E-state index in [0.717, 1.165) is 6.07 Å². The Labute approximate surface area is 145 Å². The Balaban J connectivity index is 2.31. The van der Waals surface area contributed by atoms with Crippen LogP contribution in [0, 0.1) is 0 Å². The van der Waals surface area contributed by atoms with Gasteiger partial charge < -0.3 is 5.32 Å². The van der Waals surface area contributed by atoms with Gasteiger partial charge in [0.1, 0.15) is 4.88 Å². The highest BCUT2D eigenvalue weighted by atomic mass is 35.5. The van der Waals surface area contributed by atoms with Gasteiger partial charge in [-0.3, -0.25) is 4.79 Å². The van der Waals surface area contributed by atoms with E-state index in [1.54, 1.807) is 0 Å². The number of hydrogen-bond acceptors (Lipinski definition) is 6. The molecule has 136 valence electrons. The Morgan fingerprint density at radius 2 is 1.92 bits per heavy atom. The SMILES string of the molecule is O=C(Nc1ccc(S(=O)(=O)C(F)(F)F)cc1Cl)c1snnc1C(F)F. The molecule has 0 aliphatic carbocycles. The van der Waals surface area contributed by atoms with Gasteiger partial charge in [0, 0.05) is 0 Å². The molecule has 0 atom stereocenters. The third kappa shape index (κ3) is 3.88. The average molecular weight is 422 g/mol. The van der Waals surface area contributed by atoms with E-state index in [1.165, 1.54) is 0 Å². The fourth-order valence-electron chi connectivity index (χ4n) is 1.57. The van der Waals surface area contributed by atoms with Crippen molar-refractivity contribution in [3.63, 3.8) is 0 Å². The van der Waals surface area contributed by atoms with Gasteiger partial charge in [0.05, 0.1) is 15.6 Å². The van der Waals surface area contributed by atoms with Crippen LogP contribution in [0.15, 0.2) is 23.1 Å². The number of nitrogens with zero attached hydrogens (tertiary/aromatic N) is 2. The lowest BCUT2D eigenvalue weighted by Crippen LogP contribution is -2.23. The first-order chi connectivity index (χ1) is 11.4. The van der Waals surface area contributed by atoms with Gasteiger partial charge in [-0.05, 0) is 29.7 Å². The quantitative estimate of drug-likeness (QED) is 0.761. The molecule has 1 heterocycles. The maximum atomic E-state index is 12.7. The van der Waals surface area contributed by atoms with E-state index in [2.05, 4.69) is 14.9 Å². The van der Waals surface area contributed by atoms with Crippen LogP contribution in [0.1, 0.15) is 21.8 Å². The van der Waals surface area contributed by atoms with Crippen molar-refractivity contribution in [3.8, 4) is 0 Å². The first-order valence-corrected chi connectivity index (χ1v) is 8.61. The van der Waals surface area contributed by atoms with Crippen molar-refractivity contribution in [1.82, 2.24) is 9.59 Å². The summed E-state index contributed by atoms with van der Waals surface area (Å²) in [5.74, 6) is -1.07. The van der Waals surface area contributed by atoms with Crippen LogP contribution >= 0.6 is 23.1 Å². The van der Waals surface area contributed by atoms with Crippen LogP contribution in [0.25, 0.3) is 0 Å². The second-order valence-corrected chi connectivity index (χ2v) is 7.44. The first kappa shape index (κ1) is 19.5. The summed E-state index contributed by atoms with van der Waals surface area (Å²) in [4.78, 5) is 10.3. The van der Waals surface area contributed by atoms with Crippen LogP contribution in [0.2, 0.25) is 5.02 Å². The molecular formula is C11H5ClF5N3O3S2. The molecule has 0 unspecified atom stereocenters. The number of alkyl halides is 5. The van der Waals surface area contributed by atoms with Crippen LogP contribution in [-0.2, 0) is 9.84 Å². The lowest BCUT2D eigenvalue weighted by Gasteiger charge is -2.11.